The molecule has 0 unspecified atom stereocenters. The van der Waals surface area contributed by atoms with Crippen molar-refractivity contribution in [3.8, 4) is 0 Å². The lowest BCUT2D eigenvalue weighted by molar-refractivity contribution is -0.385. The number of amides is 1. The number of benzene rings is 1. The lowest BCUT2D eigenvalue weighted by Crippen LogP contribution is -2.47. The van der Waals surface area contributed by atoms with Crippen LogP contribution >= 0.6 is 0 Å². The molecule has 0 radical (unpaired) electrons. The molecule has 1 aliphatic rings. The smallest absolute Gasteiger partial charge is 0.410 e. The second-order valence-electron chi connectivity index (χ2n) is 6.83. The second-order valence-corrected chi connectivity index (χ2v) is 6.83. The van der Waals surface area contributed by atoms with Gasteiger partial charge in [-0.15, -0.1) is 0 Å². The predicted octanol–water partition coefficient (Wildman–Crippen LogP) is 3.55. The van der Waals surface area contributed by atoms with E-state index in [1.54, 1.807) is 25.7 Å². The fourth-order valence-electron chi connectivity index (χ4n) is 2.54. The minimum absolute atomic E-state index is 0.137. The number of ether oxygens (including phenoxy) is 1. The number of carbonyl (C=O) groups is 1. The number of nitrogens with one attached hydrogen (secondary N) is 1. The number of anilines is 1. The fourth-order valence-corrected chi connectivity index (χ4v) is 2.54. The molecule has 1 aromatic carbocycles. The van der Waals surface area contributed by atoms with Crippen molar-refractivity contribution in [3.63, 3.8) is 0 Å². The minimum Gasteiger partial charge on any atom is -0.444 e. The Labute approximate surface area is 139 Å². The van der Waals surface area contributed by atoms with Crippen LogP contribution in [0.15, 0.2) is 18.2 Å². The fraction of sp³-hybridized carbons (Fsp3) is 0.562. The number of nitrogens with zero attached hydrogens (tertiary/aromatic N) is 2. The van der Waals surface area contributed by atoms with E-state index in [0.29, 0.717) is 13.1 Å². The summed E-state index contributed by atoms with van der Waals surface area (Å²) in [6.07, 6.45) is 1.15. The molecular weight excluding hydrogens is 317 g/mol. The van der Waals surface area contributed by atoms with Gasteiger partial charge in [0.15, 0.2) is 5.82 Å². The maximum absolute atomic E-state index is 14.0. The van der Waals surface area contributed by atoms with Gasteiger partial charge in [-0.05, 0) is 39.7 Å². The molecule has 1 heterocycles. The normalized spacial score (nSPS) is 18.2. The van der Waals surface area contributed by atoms with E-state index >= 15 is 0 Å². The number of likely N-dealkylation sites (tertiary alicyclic amines) is 1. The highest BCUT2D eigenvalue weighted by molar-refractivity contribution is 5.68. The standard InChI is InChI=1S/C16H22FN3O4/c1-16(2,3)24-15(21)19-8-4-5-11(10-19)18-14-7-6-12(20(22)23)9-13(14)17/h6-7,9,11,18H,4-5,8,10H2,1-3H3/t11-/m0/s1. The highest BCUT2D eigenvalue weighted by Crippen LogP contribution is 2.23. The van der Waals surface area contributed by atoms with Crippen LogP contribution in [0.3, 0.4) is 0 Å². The third kappa shape index (κ3) is 4.81. The van der Waals surface area contributed by atoms with Gasteiger partial charge in [0.05, 0.1) is 16.7 Å². The topological polar surface area (TPSA) is 84.7 Å². The molecule has 1 N–H and O–H groups in total. The third-order valence-corrected chi connectivity index (χ3v) is 3.60. The lowest BCUT2D eigenvalue weighted by Gasteiger charge is -2.34. The Balaban J connectivity index is 2.00. The highest BCUT2D eigenvalue weighted by Gasteiger charge is 2.28. The van der Waals surface area contributed by atoms with Crippen molar-refractivity contribution in [2.45, 2.75) is 45.3 Å². The van der Waals surface area contributed by atoms with Crippen molar-refractivity contribution < 1.29 is 18.8 Å². The third-order valence-electron chi connectivity index (χ3n) is 3.60. The number of hydrogen-bond acceptors (Lipinski definition) is 5. The number of non-ortho nitro benzene ring substituents is 1. The van der Waals surface area contributed by atoms with Gasteiger partial charge in [0.1, 0.15) is 5.60 Å². The first-order valence-corrected chi connectivity index (χ1v) is 7.84. The number of hydrogen-bond donors (Lipinski definition) is 1. The highest BCUT2D eigenvalue weighted by atomic mass is 19.1. The summed E-state index contributed by atoms with van der Waals surface area (Å²) in [5, 5.41) is 13.7. The number of carbonyl (C=O) groups excluding carboxylic acids is 1. The van der Waals surface area contributed by atoms with Crippen LogP contribution in [0.1, 0.15) is 33.6 Å². The summed E-state index contributed by atoms with van der Waals surface area (Å²) >= 11 is 0. The molecule has 1 aliphatic heterocycles. The van der Waals surface area contributed by atoms with E-state index in [-0.39, 0.29) is 17.4 Å². The van der Waals surface area contributed by atoms with Crippen LogP contribution in [-0.4, -0.2) is 40.6 Å². The van der Waals surface area contributed by atoms with Gasteiger partial charge in [-0.3, -0.25) is 10.1 Å². The molecule has 0 spiro atoms. The molecule has 8 heteroatoms. The zero-order valence-electron chi connectivity index (χ0n) is 14.0. The summed E-state index contributed by atoms with van der Waals surface area (Å²) in [5.41, 5.74) is -0.671. The maximum Gasteiger partial charge on any atom is 0.410 e. The molecule has 0 saturated carbocycles. The average molecular weight is 339 g/mol. The van der Waals surface area contributed by atoms with Gasteiger partial charge >= 0.3 is 6.09 Å². The van der Waals surface area contributed by atoms with Crippen LogP contribution in [0.5, 0.6) is 0 Å². The largest absolute Gasteiger partial charge is 0.444 e. The van der Waals surface area contributed by atoms with Crippen LogP contribution in [0.25, 0.3) is 0 Å². The van der Waals surface area contributed by atoms with Crippen molar-refractivity contribution in [2.24, 2.45) is 0 Å². The van der Waals surface area contributed by atoms with Gasteiger partial charge in [-0.2, -0.15) is 0 Å². The van der Waals surface area contributed by atoms with Crippen LogP contribution < -0.4 is 5.32 Å². The van der Waals surface area contributed by atoms with E-state index < -0.39 is 22.4 Å². The van der Waals surface area contributed by atoms with E-state index in [1.807, 2.05) is 0 Å². The first-order valence-electron chi connectivity index (χ1n) is 7.84. The molecule has 1 fully saturated rings. The van der Waals surface area contributed by atoms with Gasteiger partial charge in [0.25, 0.3) is 5.69 Å². The van der Waals surface area contributed by atoms with Crippen molar-refractivity contribution >= 4 is 17.5 Å². The van der Waals surface area contributed by atoms with Crippen molar-refractivity contribution in [1.29, 1.82) is 0 Å². The van der Waals surface area contributed by atoms with E-state index in [4.69, 9.17) is 4.74 Å². The summed E-state index contributed by atoms with van der Waals surface area (Å²) in [5.74, 6) is -0.682. The summed E-state index contributed by atoms with van der Waals surface area (Å²) in [7, 11) is 0. The lowest BCUT2D eigenvalue weighted by atomic mass is 10.1. The van der Waals surface area contributed by atoms with E-state index in [1.165, 1.54) is 12.1 Å². The van der Waals surface area contributed by atoms with Crippen molar-refractivity contribution in [3.05, 3.63) is 34.1 Å². The van der Waals surface area contributed by atoms with Crippen LogP contribution in [0.2, 0.25) is 0 Å². The molecule has 132 valence electrons. The quantitative estimate of drug-likeness (QED) is 0.672. The Morgan fingerprint density at radius 2 is 2.17 bits per heavy atom. The van der Waals surface area contributed by atoms with Crippen molar-refractivity contribution in [2.75, 3.05) is 18.4 Å². The van der Waals surface area contributed by atoms with Gasteiger partial charge in [-0.1, -0.05) is 0 Å². The Morgan fingerprint density at radius 3 is 2.75 bits per heavy atom. The molecule has 0 bridgehead atoms. The Hall–Kier alpha value is -2.38. The zero-order valence-corrected chi connectivity index (χ0v) is 14.0. The summed E-state index contributed by atoms with van der Waals surface area (Å²) in [6.45, 7) is 6.39. The van der Waals surface area contributed by atoms with E-state index in [9.17, 15) is 19.3 Å². The first kappa shape index (κ1) is 18.0. The summed E-state index contributed by atoms with van der Waals surface area (Å²) in [4.78, 5) is 23.7. The number of halogens is 1. The molecule has 1 amide bonds. The molecule has 7 nitrogen and oxygen atoms in total. The molecular formula is C16H22FN3O4. The maximum atomic E-state index is 14.0. The van der Waals surface area contributed by atoms with Gasteiger partial charge < -0.3 is 15.0 Å². The van der Waals surface area contributed by atoms with Gasteiger partial charge in [-0.25, -0.2) is 9.18 Å². The Kier molecular flexibility index (Phi) is 5.26. The zero-order chi connectivity index (χ0) is 17.9. The molecule has 0 aliphatic carbocycles. The number of nitro groups is 1. The molecule has 1 saturated heterocycles. The van der Waals surface area contributed by atoms with E-state index in [2.05, 4.69) is 5.32 Å². The van der Waals surface area contributed by atoms with Crippen LogP contribution in [-0.2, 0) is 4.74 Å². The number of piperidine rings is 1. The van der Waals surface area contributed by atoms with Crippen LogP contribution in [0, 0.1) is 15.9 Å². The molecule has 2 rings (SSSR count). The molecule has 1 atom stereocenters. The van der Waals surface area contributed by atoms with Gasteiger partial charge in [0, 0.05) is 25.2 Å². The number of rotatable bonds is 3. The average Bonchev–Trinajstić information content (AvgIpc) is 2.47. The summed E-state index contributed by atoms with van der Waals surface area (Å²) in [6, 6.07) is 3.35. The van der Waals surface area contributed by atoms with Gasteiger partial charge in [0.2, 0.25) is 0 Å². The first-order chi connectivity index (χ1) is 11.2. The molecule has 0 aromatic heterocycles. The Bertz CT molecular complexity index is 630. The Morgan fingerprint density at radius 1 is 1.46 bits per heavy atom. The molecule has 1 aromatic rings. The number of nitro benzene ring substituents is 1. The minimum atomic E-state index is -0.682. The van der Waals surface area contributed by atoms with Crippen molar-refractivity contribution in [1.82, 2.24) is 4.90 Å². The molecule has 24 heavy (non-hydrogen) atoms. The predicted molar refractivity (Wildman–Crippen MR) is 87.5 cm³/mol. The monoisotopic (exact) mass is 339 g/mol. The summed E-state index contributed by atoms with van der Waals surface area (Å²) < 4.78 is 19.3. The SMILES string of the molecule is CC(C)(C)OC(=O)N1CCC[C@H](Nc2ccc([N+](=O)[O-])cc2F)C1. The second kappa shape index (κ2) is 7.02. The van der Waals surface area contributed by atoms with E-state index in [0.717, 1.165) is 18.9 Å². The van der Waals surface area contributed by atoms with Crippen LogP contribution in [0.4, 0.5) is 20.6 Å².